The van der Waals surface area contributed by atoms with E-state index in [-0.39, 0.29) is 62.9 Å². The number of H-pyrrole nitrogens is 3. The van der Waals surface area contributed by atoms with Gasteiger partial charge in [-0.1, -0.05) is 50.1 Å². The third-order valence-electron chi connectivity index (χ3n) is 28.0. The van der Waals surface area contributed by atoms with Gasteiger partial charge in [-0.05, 0) is 214 Å². The van der Waals surface area contributed by atoms with Crippen molar-refractivity contribution in [1.29, 1.82) is 5.26 Å². The highest BCUT2D eigenvalue weighted by molar-refractivity contribution is 7.59. The predicted octanol–water partition coefficient (Wildman–Crippen LogP) is 10.7. The Morgan fingerprint density at radius 3 is 1.60 bits per heavy atom. The highest BCUT2D eigenvalue weighted by Crippen LogP contribution is 2.43. The van der Waals surface area contributed by atoms with E-state index in [2.05, 4.69) is 182 Å². The summed E-state index contributed by atoms with van der Waals surface area (Å²) in [5.74, 6) is 3.48. The van der Waals surface area contributed by atoms with Crippen LogP contribution in [0, 0.1) is 51.9 Å². The van der Waals surface area contributed by atoms with Crippen molar-refractivity contribution in [2.75, 3.05) is 181 Å². The lowest BCUT2D eigenvalue weighted by Crippen LogP contribution is -2.55. The number of carbonyl (C=O) groups excluding carboxylic acids is 3. The van der Waals surface area contributed by atoms with E-state index >= 15 is 0 Å². The molecular weight excluding hydrogens is 1630 g/mol. The van der Waals surface area contributed by atoms with Crippen LogP contribution in [-0.4, -0.2) is 268 Å². The quantitative estimate of drug-likeness (QED) is 0.0445. The first-order valence-corrected chi connectivity index (χ1v) is 44.9. The van der Waals surface area contributed by atoms with Crippen LogP contribution in [0.4, 0.5) is 34.5 Å². The second kappa shape index (κ2) is 39.5. The number of fused-ring (bicyclic) bond motifs is 8. The number of likely N-dealkylation sites (N-methyl/N-ethyl adjacent to an activating group) is 2. The average Bonchev–Trinajstić information content (AvgIpc) is 1.55. The Morgan fingerprint density at radius 2 is 1.06 bits per heavy atom. The van der Waals surface area contributed by atoms with Crippen LogP contribution in [0.3, 0.4) is 0 Å². The van der Waals surface area contributed by atoms with Gasteiger partial charge in [0.2, 0.25) is 17.7 Å². The summed E-state index contributed by atoms with van der Waals surface area (Å²) in [6, 6.07) is 24.3. The van der Waals surface area contributed by atoms with Gasteiger partial charge in [0.15, 0.2) is 0 Å². The summed E-state index contributed by atoms with van der Waals surface area (Å²) in [7, 11) is 4.30. The van der Waals surface area contributed by atoms with Crippen LogP contribution in [0.5, 0.6) is 18.0 Å². The van der Waals surface area contributed by atoms with E-state index in [0.717, 1.165) is 176 Å². The van der Waals surface area contributed by atoms with E-state index in [1.165, 1.54) is 112 Å². The van der Waals surface area contributed by atoms with Gasteiger partial charge in [0.1, 0.15) is 30.7 Å². The SMILES string of the molecule is C=CC(=O)N1CCN(c2nc(OCCCN3C[C@H]4CC[C@@H]3C4)nc3c2CCN(c2cccc4cccc(C)c24)C3)C[C@@H]1CC#N.C=CC(=O)N1CCN(c2nc(OC[C@@H]3CCCN3C)nc3c2CCN(c2c(C)c(C)cc4[nH]c(=O)[nH]c24)C3)CC1.C=CC(=O)N1CCN(c2nc(OC[C@@H]3CCCN3C)nc3c2CCN(c2c(C)c(C)cc4[nH]ccc24)C3)CC1.S.S. The zero-order valence-electron chi connectivity index (χ0n) is 74.3. The topological polar surface area (TPSA) is 283 Å². The zero-order chi connectivity index (χ0) is 86.0. The average molecular weight is 1750 g/mol. The monoisotopic (exact) mass is 1750 g/mol. The van der Waals surface area contributed by atoms with Crippen molar-refractivity contribution in [3.63, 3.8) is 0 Å². The van der Waals surface area contributed by atoms with Gasteiger partial charge >= 0.3 is 23.7 Å². The number of aromatic nitrogens is 9. The number of ether oxygens (including phenoxy) is 3. The van der Waals surface area contributed by atoms with Gasteiger partial charge in [0.25, 0.3) is 0 Å². The predicted molar refractivity (Wildman–Crippen MR) is 507 cm³/mol. The number of likely N-dealkylation sites (tertiary alicyclic amines) is 3. The van der Waals surface area contributed by atoms with Crippen molar-refractivity contribution < 1.29 is 28.6 Å². The number of imidazole rings is 1. The highest BCUT2D eigenvalue weighted by Gasteiger charge is 2.40. The van der Waals surface area contributed by atoms with Gasteiger partial charge in [-0.25, -0.2) is 4.79 Å². The number of piperazine rings is 3. The van der Waals surface area contributed by atoms with E-state index in [4.69, 9.17) is 44.1 Å². The molecule has 5 aromatic heterocycles. The molecule has 31 heteroatoms. The first kappa shape index (κ1) is 89.9. The Hall–Kier alpha value is -10.9. The summed E-state index contributed by atoms with van der Waals surface area (Å²) < 4.78 is 18.8. The molecule has 7 fully saturated rings. The molecule has 14 heterocycles. The number of anilines is 6. The Bertz CT molecular complexity index is 5610. The summed E-state index contributed by atoms with van der Waals surface area (Å²) >= 11 is 0. The molecule has 3 amide bonds. The summed E-state index contributed by atoms with van der Waals surface area (Å²) in [4.78, 5) is 115. The highest BCUT2D eigenvalue weighted by atomic mass is 32.1. The van der Waals surface area contributed by atoms with Crippen molar-refractivity contribution >= 4 is 112 Å². The van der Waals surface area contributed by atoms with Crippen LogP contribution in [0.25, 0.3) is 32.7 Å². The number of piperidine rings is 1. The number of benzene rings is 4. The van der Waals surface area contributed by atoms with Crippen LogP contribution in [0.1, 0.15) is 119 Å². The molecule has 10 aliphatic rings. The minimum absolute atomic E-state index is 0. The summed E-state index contributed by atoms with van der Waals surface area (Å²) in [5, 5.41) is 13.3. The molecule has 1 aliphatic carbocycles. The molecule has 6 saturated heterocycles. The van der Waals surface area contributed by atoms with E-state index in [9.17, 15) is 24.4 Å². The molecule has 29 nitrogen and oxygen atoms in total. The number of hydrogen-bond donors (Lipinski definition) is 3. The number of nitrogens with zero attached hydrogens (tertiary/aromatic N) is 19. The molecule has 0 spiro atoms. The van der Waals surface area contributed by atoms with Crippen molar-refractivity contribution in [3.8, 4) is 24.1 Å². The normalized spacial score (nSPS) is 20.6. The number of rotatable bonds is 21. The smallest absolute Gasteiger partial charge is 0.323 e. The summed E-state index contributed by atoms with van der Waals surface area (Å²) in [5.41, 5.74) is 18.7. The number of aryl methyl sites for hydroxylation is 3. The number of carbonyl (C=O) groups is 3. The Morgan fingerprint density at radius 1 is 0.540 bits per heavy atom. The van der Waals surface area contributed by atoms with Gasteiger partial charge < -0.3 is 83.1 Å². The number of amides is 3. The molecule has 5 atom stereocenters. The third-order valence-corrected chi connectivity index (χ3v) is 28.0. The van der Waals surface area contributed by atoms with E-state index in [1.807, 2.05) is 22.1 Å². The number of hydrogen-bond acceptors (Lipinski definition) is 23. The Kier molecular flexibility index (Phi) is 28.2. The lowest BCUT2D eigenvalue weighted by molar-refractivity contribution is -0.128. The fraction of sp³-hybridized carbons (Fsp3) is 0.505. The van der Waals surface area contributed by atoms with Gasteiger partial charge in [-0.2, -0.15) is 62.2 Å². The molecule has 2 bridgehead atoms. The van der Waals surface area contributed by atoms with E-state index in [1.54, 1.807) is 4.90 Å². The molecule has 9 aliphatic heterocycles. The van der Waals surface area contributed by atoms with Crippen LogP contribution in [0.2, 0.25) is 0 Å². The van der Waals surface area contributed by atoms with Crippen LogP contribution < -0.4 is 49.3 Å². The zero-order valence-corrected chi connectivity index (χ0v) is 76.3. The molecule has 3 N–H and O–H groups in total. The fourth-order valence-corrected chi connectivity index (χ4v) is 20.8. The van der Waals surface area contributed by atoms with Gasteiger partial charge in [-0.15, -0.1) is 0 Å². The minimum atomic E-state index is -0.223. The Balaban J connectivity index is 0.000000145. The van der Waals surface area contributed by atoms with Crippen molar-refractivity contribution in [2.45, 2.75) is 155 Å². The molecule has 1 saturated carbocycles. The molecule has 19 rings (SSSR count). The molecular formula is C95H124N22O7S2. The lowest BCUT2D eigenvalue weighted by atomic mass is 9.99. The fourth-order valence-electron chi connectivity index (χ4n) is 20.8. The van der Waals surface area contributed by atoms with Crippen LogP contribution in [-0.2, 0) is 53.3 Å². The minimum Gasteiger partial charge on any atom is -0.463 e. The second-order valence-electron chi connectivity index (χ2n) is 35.4. The van der Waals surface area contributed by atoms with E-state index < -0.39 is 0 Å². The third kappa shape index (κ3) is 18.9. The maximum atomic E-state index is 12.6. The molecule has 0 unspecified atom stereocenters. The molecule has 0 radical (unpaired) electrons. The van der Waals surface area contributed by atoms with Gasteiger partial charge in [-0.3, -0.25) is 19.3 Å². The second-order valence-corrected chi connectivity index (χ2v) is 35.4. The Labute approximate surface area is 753 Å². The first-order valence-electron chi connectivity index (χ1n) is 44.9. The number of nitrogens with one attached hydrogen (secondary N) is 3. The molecule has 126 heavy (non-hydrogen) atoms. The maximum absolute atomic E-state index is 12.6. The van der Waals surface area contributed by atoms with Crippen molar-refractivity contribution in [1.82, 2.24) is 74.3 Å². The first-order chi connectivity index (χ1) is 60.3. The molecule has 9 aromatic rings. The number of aromatic amines is 3. The van der Waals surface area contributed by atoms with E-state index in [0.29, 0.717) is 128 Å². The standard InChI is InChI=1S/C36H43N7O2.C30H39N7O2.C29H38N8O3.2H2S/c1-3-33(44)43-19-18-42(23-29(43)13-15-37)35-30-14-17-41(32-10-5-9-27-8-4-7-25(2)34(27)32)24-31(30)38-36(39-35)45-20-6-16-40-22-26-11-12-28(40)21-26;1-5-27(38)35-13-15-36(16-14-35)29-24-9-12-37(28-21(3)20(2)17-25-23(28)8-10-31-25)18-26(24)32-30(33-29)39-19-22-7-6-11-34(22)4;1-5-24(38)35-11-13-36(14-12-35)27-21-8-10-37(26-19(3)18(2)15-22-25(26)32-28(39)30-22)16-23(21)31-29(33-27)40-17-20-7-6-9-34(20)4;;/h3-5,7-10,26,28-29H,1,6,11-14,16-24H2,2H3;5,8,10,17,22,31H,1,6-7,9,11-16,18-19H2,2-4H3;5,15,20H,1,6-14,16-17H2,2-4H3,(H2,30,32,39);2*1H2/t26-,28+,29-;22-;20-;;/m000../s1. The molecule has 4 aromatic carbocycles. The molecule has 668 valence electrons. The van der Waals surface area contributed by atoms with Crippen LogP contribution in [0.15, 0.2) is 104 Å². The number of nitriles is 1. The summed E-state index contributed by atoms with van der Waals surface area (Å²) in [6.07, 6.45) is 18.5. The lowest BCUT2D eigenvalue weighted by Gasteiger charge is -2.42. The van der Waals surface area contributed by atoms with Crippen molar-refractivity contribution in [2.24, 2.45) is 5.92 Å². The van der Waals surface area contributed by atoms with Gasteiger partial charge in [0, 0.05) is 173 Å². The maximum Gasteiger partial charge on any atom is 0.323 e. The largest absolute Gasteiger partial charge is 0.463 e. The van der Waals surface area contributed by atoms with Crippen molar-refractivity contribution in [3.05, 3.63) is 171 Å². The summed E-state index contributed by atoms with van der Waals surface area (Å²) in [6.45, 7) is 39.5. The van der Waals surface area contributed by atoms with Crippen LogP contribution >= 0.6 is 27.0 Å². The van der Waals surface area contributed by atoms with Gasteiger partial charge in [0.05, 0.1) is 78.6 Å².